The minimum atomic E-state index is -3.36. The number of piperidine rings is 1. The van der Waals surface area contributed by atoms with Crippen LogP contribution in [0.3, 0.4) is 0 Å². The Morgan fingerprint density at radius 3 is 2.18 bits per heavy atom. The maximum absolute atomic E-state index is 12.7. The van der Waals surface area contributed by atoms with Crippen molar-refractivity contribution in [1.29, 1.82) is 0 Å². The molecule has 2 aromatic rings. The number of carbonyl (C=O) groups excluding carboxylic acids is 2. The summed E-state index contributed by atoms with van der Waals surface area (Å²) >= 11 is 0. The Hall–Kier alpha value is -2.67. The normalized spacial score (nSPS) is 15.2. The Kier molecular flexibility index (Phi) is 6.14. The Morgan fingerprint density at radius 1 is 1.00 bits per heavy atom. The third kappa shape index (κ3) is 4.78. The van der Waals surface area contributed by atoms with Gasteiger partial charge < -0.3 is 10.2 Å². The number of likely N-dealkylation sites (tertiary alicyclic amines) is 1. The molecule has 2 amide bonds. The number of rotatable bonds is 5. The lowest BCUT2D eigenvalue weighted by Gasteiger charge is -2.32. The van der Waals surface area contributed by atoms with Gasteiger partial charge in [-0.3, -0.25) is 9.59 Å². The van der Waals surface area contributed by atoms with E-state index in [0.29, 0.717) is 36.5 Å². The first kappa shape index (κ1) is 20.1. The van der Waals surface area contributed by atoms with Gasteiger partial charge in [-0.05, 0) is 42.7 Å². The van der Waals surface area contributed by atoms with Gasteiger partial charge in [0.2, 0.25) is 11.8 Å². The van der Waals surface area contributed by atoms with Crippen LogP contribution in [0.25, 0.3) is 0 Å². The number of hydrogen-bond donors (Lipinski definition) is 1. The van der Waals surface area contributed by atoms with E-state index in [1.54, 1.807) is 47.4 Å². The van der Waals surface area contributed by atoms with E-state index in [9.17, 15) is 18.0 Å². The van der Waals surface area contributed by atoms with Crippen molar-refractivity contribution in [2.75, 3.05) is 18.4 Å². The average molecular weight is 401 g/mol. The molecule has 7 heteroatoms. The van der Waals surface area contributed by atoms with Crippen molar-refractivity contribution in [3.05, 3.63) is 60.2 Å². The van der Waals surface area contributed by atoms with Crippen molar-refractivity contribution < 1.29 is 18.0 Å². The molecule has 1 N–H and O–H groups in total. The van der Waals surface area contributed by atoms with Crippen LogP contribution in [0.5, 0.6) is 0 Å². The highest BCUT2D eigenvalue weighted by atomic mass is 32.2. The summed E-state index contributed by atoms with van der Waals surface area (Å²) in [7, 11) is -3.36. The summed E-state index contributed by atoms with van der Waals surface area (Å²) in [6.45, 7) is 2.33. The van der Waals surface area contributed by atoms with Crippen LogP contribution in [0.4, 0.5) is 5.69 Å². The standard InChI is InChI=1S/C21H24N2O4S/c1-16(24)22-18-9-7-17(8-10-18)15-21(25)23-13-11-20(12-14-23)28(26,27)19-5-3-2-4-6-19/h2-10,20H,11-15H2,1H3,(H,22,24). The predicted octanol–water partition coefficient (Wildman–Crippen LogP) is 2.65. The molecule has 0 unspecified atom stereocenters. The van der Waals surface area contributed by atoms with Crippen LogP contribution >= 0.6 is 0 Å². The van der Waals surface area contributed by atoms with Gasteiger partial charge in [-0.2, -0.15) is 0 Å². The number of hydrogen-bond acceptors (Lipinski definition) is 4. The number of anilines is 1. The van der Waals surface area contributed by atoms with E-state index >= 15 is 0 Å². The second-order valence-corrected chi connectivity index (χ2v) is 9.22. The van der Waals surface area contributed by atoms with Gasteiger partial charge in [0, 0.05) is 25.7 Å². The Bertz CT molecular complexity index is 932. The molecule has 28 heavy (non-hydrogen) atoms. The van der Waals surface area contributed by atoms with E-state index in [2.05, 4.69) is 5.32 Å². The number of amides is 2. The Balaban J connectivity index is 1.56. The summed E-state index contributed by atoms with van der Waals surface area (Å²) in [5, 5.41) is 2.24. The number of nitrogens with zero attached hydrogens (tertiary/aromatic N) is 1. The molecule has 2 aromatic carbocycles. The van der Waals surface area contributed by atoms with E-state index in [-0.39, 0.29) is 18.2 Å². The van der Waals surface area contributed by atoms with Crippen molar-refractivity contribution in [2.45, 2.75) is 36.3 Å². The molecule has 6 nitrogen and oxygen atoms in total. The van der Waals surface area contributed by atoms with Crippen LogP contribution < -0.4 is 5.32 Å². The van der Waals surface area contributed by atoms with Gasteiger partial charge in [0.1, 0.15) is 0 Å². The fraction of sp³-hybridized carbons (Fsp3) is 0.333. The fourth-order valence-electron chi connectivity index (χ4n) is 3.41. The largest absolute Gasteiger partial charge is 0.342 e. The van der Waals surface area contributed by atoms with Crippen LogP contribution in [-0.4, -0.2) is 43.5 Å². The van der Waals surface area contributed by atoms with E-state index < -0.39 is 15.1 Å². The summed E-state index contributed by atoms with van der Waals surface area (Å²) in [5.74, 6) is -0.153. The lowest BCUT2D eigenvalue weighted by molar-refractivity contribution is -0.131. The number of benzene rings is 2. The molecule has 0 radical (unpaired) electrons. The molecule has 1 saturated heterocycles. The molecule has 1 fully saturated rings. The van der Waals surface area contributed by atoms with E-state index in [1.165, 1.54) is 6.92 Å². The fourth-order valence-corrected chi connectivity index (χ4v) is 5.17. The number of nitrogens with one attached hydrogen (secondary N) is 1. The van der Waals surface area contributed by atoms with Gasteiger partial charge in [0.05, 0.1) is 16.6 Å². The first-order chi connectivity index (χ1) is 13.4. The van der Waals surface area contributed by atoms with Crippen LogP contribution in [0.1, 0.15) is 25.3 Å². The van der Waals surface area contributed by atoms with Crippen LogP contribution in [0.15, 0.2) is 59.5 Å². The number of carbonyl (C=O) groups is 2. The van der Waals surface area contributed by atoms with Gasteiger partial charge in [0.15, 0.2) is 9.84 Å². The molecule has 1 heterocycles. The summed E-state index contributed by atoms with van der Waals surface area (Å²) in [5.41, 5.74) is 1.55. The van der Waals surface area contributed by atoms with Gasteiger partial charge in [-0.15, -0.1) is 0 Å². The minimum absolute atomic E-state index is 0.0113. The molecule has 0 aliphatic carbocycles. The van der Waals surface area contributed by atoms with Gasteiger partial charge in [-0.25, -0.2) is 8.42 Å². The van der Waals surface area contributed by atoms with E-state index in [1.807, 2.05) is 12.1 Å². The van der Waals surface area contributed by atoms with Crippen molar-refractivity contribution in [2.24, 2.45) is 0 Å². The van der Waals surface area contributed by atoms with Gasteiger partial charge in [0.25, 0.3) is 0 Å². The highest BCUT2D eigenvalue weighted by molar-refractivity contribution is 7.92. The topological polar surface area (TPSA) is 83.6 Å². The zero-order chi connectivity index (χ0) is 20.1. The summed E-state index contributed by atoms with van der Waals surface area (Å²) < 4.78 is 25.5. The van der Waals surface area contributed by atoms with E-state index in [0.717, 1.165) is 5.56 Å². The highest BCUT2D eigenvalue weighted by Gasteiger charge is 2.32. The maximum atomic E-state index is 12.7. The smallest absolute Gasteiger partial charge is 0.226 e. The molecular weight excluding hydrogens is 376 g/mol. The van der Waals surface area contributed by atoms with Crippen LogP contribution in [0.2, 0.25) is 0 Å². The molecule has 1 aliphatic heterocycles. The summed E-state index contributed by atoms with van der Waals surface area (Å²) in [4.78, 5) is 25.7. The third-order valence-corrected chi connectivity index (χ3v) is 7.21. The predicted molar refractivity (Wildman–Crippen MR) is 108 cm³/mol. The zero-order valence-electron chi connectivity index (χ0n) is 15.8. The summed E-state index contributed by atoms with van der Waals surface area (Å²) in [6.07, 6.45) is 1.16. The van der Waals surface area contributed by atoms with Crippen molar-refractivity contribution in [3.8, 4) is 0 Å². The Labute approximate surface area is 165 Å². The van der Waals surface area contributed by atoms with Crippen molar-refractivity contribution in [1.82, 2.24) is 4.90 Å². The van der Waals surface area contributed by atoms with E-state index in [4.69, 9.17) is 0 Å². The zero-order valence-corrected chi connectivity index (χ0v) is 16.6. The monoisotopic (exact) mass is 400 g/mol. The first-order valence-corrected chi connectivity index (χ1v) is 10.8. The minimum Gasteiger partial charge on any atom is -0.342 e. The quantitative estimate of drug-likeness (QED) is 0.836. The van der Waals surface area contributed by atoms with Gasteiger partial charge >= 0.3 is 0 Å². The Morgan fingerprint density at radius 2 is 1.61 bits per heavy atom. The molecule has 0 atom stereocenters. The average Bonchev–Trinajstić information content (AvgIpc) is 2.70. The molecule has 0 aromatic heterocycles. The molecule has 3 rings (SSSR count). The van der Waals surface area contributed by atoms with Crippen LogP contribution in [-0.2, 0) is 25.8 Å². The number of sulfone groups is 1. The highest BCUT2D eigenvalue weighted by Crippen LogP contribution is 2.25. The SMILES string of the molecule is CC(=O)Nc1ccc(CC(=O)N2CCC(S(=O)(=O)c3ccccc3)CC2)cc1. The second-order valence-electron chi connectivity index (χ2n) is 6.99. The molecule has 0 spiro atoms. The van der Waals surface area contributed by atoms with Gasteiger partial charge in [-0.1, -0.05) is 30.3 Å². The van der Waals surface area contributed by atoms with Crippen LogP contribution in [0, 0.1) is 0 Å². The lowest BCUT2D eigenvalue weighted by atomic mass is 10.1. The maximum Gasteiger partial charge on any atom is 0.226 e. The molecule has 0 saturated carbocycles. The first-order valence-electron chi connectivity index (χ1n) is 9.29. The van der Waals surface area contributed by atoms with Crippen molar-refractivity contribution >= 4 is 27.3 Å². The molecule has 0 bridgehead atoms. The second kappa shape index (κ2) is 8.56. The molecular formula is C21H24N2O4S. The van der Waals surface area contributed by atoms with Crippen molar-refractivity contribution in [3.63, 3.8) is 0 Å². The molecule has 1 aliphatic rings. The lowest BCUT2D eigenvalue weighted by Crippen LogP contribution is -2.43. The molecule has 148 valence electrons. The summed E-state index contributed by atoms with van der Waals surface area (Å²) in [6, 6.07) is 15.7. The third-order valence-electron chi connectivity index (χ3n) is 4.93.